The van der Waals surface area contributed by atoms with Crippen LogP contribution in [0.4, 0.5) is 5.69 Å². The first-order valence-corrected chi connectivity index (χ1v) is 7.35. The molecule has 0 atom stereocenters. The number of amides is 1. The van der Waals surface area contributed by atoms with Gasteiger partial charge >= 0.3 is 5.97 Å². The zero-order valence-electron chi connectivity index (χ0n) is 13.6. The summed E-state index contributed by atoms with van der Waals surface area (Å²) in [6.07, 6.45) is 0. The molecule has 0 unspecified atom stereocenters. The van der Waals surface area contributed by atoms with Gasteiger partial charge in [-0.25, -0.2) is 4.79 Å². The summed E-state index contributed by atoms with van der Waals surface area (Å²) < 4.78 is 6.34. The minimum absolute atomic E-state index is 0.118. The van der Waals surface area contributed by atoms with Gasteiger partial charge in [-0.05, 0) is 38.1 Å². The van der Waals surface area contributed by atoms with Crippen LogP contribution in [0.5, 0.6) is 0 Å². The fourth-order valence-corrected chi connectivity index (χ4v) is 2.52. The Kier molecular flexibility index (Phi) is 4.03. The van der Waals surface area contributed by atoms with Gasteiger partial charge in [0.15, 0.2) is 5.69 Å². The molecule has 0 aliphatic heterocycles. The Morgan fingerprint density at radius 2 is 2.08 bits per heavy atom. The molecule has 0 spiro atoms. The number of aromatic amines is 1. The minimum atomic E-state index is -0.535. The molecule has 2 aromatic heterocycles. The first-order chi connectivity index (χ1) is 11.5. The number of rotatable bonds is 4. The van der Waals surface area contributed by atoms with Crippen molar-refractivity contribution in [3.63, 3.8) is 0 Å². The number of esters is 1. The van der Waals surface area contributed by atoms with Crippen LogP contribution in [-0.4, -0.2) is 39.0 Å². The molecule has 1 aromatic carbocycles. The normalized spacial score (nSPS) is 10.8. The van der Waals surface area contributed by atoms with Gasteiger partial charge in [0.1, 0.15) is 6.54 Å². The van der Waals surface area contributed by atoms with Gasteiger partial charge in [0.2, 0.25) is 5.91 Å². The molecule has 0 bridgehead atoms. The Morgan fingerprint density at radius 3 is 2.75 bits per heavy atom. The van der Waals surface area contributed by atoms with Crippen LogP contribution in [0.15, 0.2) is 24.3 Å². The fourth-order valence-electron chi connectivity index (χ4n) is 2.52. The lowest BCUT2D eigenvalue weighted by atomic mass is 10.2. The molecular formula is C16H17N5O3. The van der Waals surface area contributed by atoms with Crippen molar-refractivity contribution in [3.05, 3.63) is 41.3 Å². The number of H-pyrrole nitrogens is 1. The van der Waals surface area contributed by atoms with Crippen LogP contribution >= 0.6 is 0 Å². The van der Waals surface area contributed by atoms with E-state index in [9.17, 15) is 9.59 Å². The number of anilines is 1. The number of nitrogens with zero attached hydrogens (tertiary/aromatic N) is 3. The summed E-state index contributed by atoms with van der Waals surface area (Å²) in [5.41, 5.74) is 3.22. The van der Waals surface area contributed by atoms with Gasteiger partial charge < -0.3 is 10.1 Å². The fraction of sp³-hybridized carbons (Fsp3) is 0.250. The van der Waals surface area contributed by atoms with Crippen LogP contribution in [0.2, 0.25) is 0 Å². The molecule has 24 heavy (non-hydrogen) atoms. The van der Waals surface area contributed by atoms with Gasteiger partial charge in [-0.15, -0.1) is 0 Å². The largest absolute Gasteiger partial charge is 0.464 e. The molecule has 0 radical (unpaired) electrons. The van der Waals surface area contributed by atoms with E-state index in [0.29, 0.717) is 16.6 Å². The summed E-state index contributed by atoms with van der Waals surface area (Å²) in [7, 11) is 1.29. The van der Waals surface area contributed by atoms with Gasteiger partial charge in [-0.2, -0.15) is 10.2 Å². The van der Waals surface area contributed by atoms with Crippen molar-refractivity contribution < 1.29 is 14.3 Å². The van der Waals surface area contributed by atoms with Gasteiger partial charge in [-0.3, -0.25) is 14.6 Å². The number of hydrogen-bond donors (Lipinski definition) is 2. The van der Waals surface area contributed by atoms with Crippen molar-refractivity contribution in [1.82, 2.24) is 20.0 Å². The number of fused-ring (bicyclic) bond motifs is 1. The summed E-state index contributed by atoms with van der Waals surface area (Å²) in [6.45, 7) is 3.89. The summed E-state index contributed by atoms with van der Waals surface area (Å²) in [5, 5.41) is 14.3. The third-order valence-corrected chi connectivity index (χ3v) is 3.62. The van der Waals surface area contributed by atoms with E-state index >= 15 is 0 Å². The number of carbonyl (C=O) groups is 2. The van der Waals surface area contributed by atoms with E-state index in [0.717, 1.165) is 11.4 Å². The van der Waals surface area contributed by atoms with E-state index in [1.165, 1.54) is 7.11 Å². The van der Waals surface area contributed by atoms with E-state index < -0.39 is 5.97 Å². The summed E-state index contributed by atoms with van der Waals surface area (Å²) in [6, 6.07) is 7.08. The van der Waals surface area contributed by atoms with Crippen molar-refractivity contribution in [2.45, 2.75) is 20.4 Å². The highest BCUT2D eigenvalue weighted by molar-refractivity contribution is 6.03. The number of aryl methyl sites for hydroxylation is 2. The second kappa shape index (κ2) is 6.15. The summed E-state index contributed by atoms with van der Waals surface area (Å²) >= 11 is 0. The van der Waals surface area contributed by atoms with Gasteiger partial charge in [0.25, 0.3) is 0 Å². The van der Waals surface area contributed by atoms with E-state index in [2.05, 4.69) is 20.6 Å². The molecule has 0 aliphatic carbocycles. The number of benzene rings is 1. The first kappa shape index (κ1) is 15.7. The maximum absolute atomic E-state index is 12.2. The van der Waals surface area contributed by atoms with E-state index in [1.807, 2.05) is 19.9 Å². The molecule has 0 aliphatic rings. The topological polar surface area (TPSA) is 102 Å². The lowest BCUT2D eigenvalue weighted by Gasteiger charge is -2.07. The summed E-state index contributed by atoms with van der Waals surface area (Å²) in [4.78, 5) is 23.9. The second-order valence-electron chi connectivity index (χ2n) is 5.46. The smallest absolute Gasteiger partial charge is 0.359 e. The molecule has 0 fully saturated rings. The zero-order valence-corrected chi connectivity index (χ0v) is 13.6. The van der Waals surface area contributed by atoms with E-state index in [4.69, 9.17) is 4.74 Å². The molecule has 124 valence electrons. The Bertz CT molecular complexity index is 925. The average Bonchev–Trinajstić information content (AvgIpc) is 3.09. The number of nitrogens with one attached hydrogen (secondary N) is 2. The Labute approximate surface area is 137 Å². The van der Waals surface area contributed by atoms with Crippen molar-refractivity contribution in [2.75, 3.05) is 12.4 Å². The minimum Gasteiger partial charge on any atom is -0.464 e. The molecule has 3 rings (SSSR count). The van der Waals surface area contributed by atoms with Gasteiger partial charge in [0, 0.05) is 16.8 Å². The van der Waals surface area contributed by atoms with Crippen molar-refractivity contribution >= 4 is 28.5 Å². The number of methoxy groups -OCH3 is 1. The number of carbonyl (C=O) groups excluding carboxylic acids is 2. The van der Waals surface area contributed by atoms with Crippen molar-refractivity contribution in [1.29, 1.82) is 0 Å². The molecule has 3 aromatic rings. The quantitative estimate of drug-likeness (QED) is 0.711. The Balaban J connectivity index is 1.80. The lowest BCUT2D eigenvalue weighted by Crippen LogP contribution is -2.20. The SMILES string of the molecule is COC(=O)c1n[nH]c2ccc(NC(=O)Cn3nc(C)cc3C)cc12. The zero-order chi connectivity index (χ0) is 17.3. The average molecular weight is 327 g/mol. The van der Waals surface area contributed by atoms with Crippen LogP contribution in [0.25, 0.3) is 10.9 Å². The van der Waals surface area contributed by atoms with Crippen LogP contribution in [-0.2, 0) is 16.1 Å². The standard InChI is InChI=1S/C16H17N5O3/c1-9-6-10(2)21(20-9)8-14(22)17-11-4-5-13-12(7-11)15(19-18-13)16(23)24-3/h4-7H,8H2,1-3H3,(H,17,22)(H,18,19). The molecule has 1 amide bonds. The molecule has 2 heterocycles. The van der Waals surface area contributed by atoms with Crippen LogP contribution in [0.3, 0.4) is 0 Å². The van der Waals surface area contributed by atoms with Crippen LogP contribution < -0.4 is 5.32 Å². The monoisotopic (exact) mass is 327 g/mol. The molecule has 8 heteroatoms. The Morgan fingerprint density at radius 1 is 1.29 bits per heavy atom. The highest BCUT2D eigenvalue weighted by Crippen LogP contribution is 2.21. The number of aromatic nitrogens is 4. The maximum atomic E-state index is 12.2. The molecule has 8 nitrogen and oxygen atoms in total. The van der Waals surface area contributed by atoms with E-state index in [-0.39, 0.29) is 18.1 Å². The third kappa shape index (κ3) is 2.98. The molecule has 0 saturated heterocycles. The molecular weight excluding hydrogens is 310 g/mol. The van der Waals surface area contributed by atoms with Crippen LogP contribution in [0.1, 0.15) is 21.9 Å². The first-order valence-electron chi connectivity index (χ1n) is 7.35. The van der Waals surface area contributed by atoms with Gasteiger partial charge in [0.05, 0.1) is 18.3 Å². The summed E-state index contributed by atoms with van der Waals surface area (Å²) in [5.74, 6) is -0.740. The van der Waals surface area contributed by atoms with Gasteiger partial charge in [-0.1, -0.05) is 0 Å². The Hall–Kier alpha value is -3.16. The predicted molar refractivity (Wildman–Crippen MR) is 87.8 cm³/mol. The number of hydrogen-bond acceptors (Lipinski definition) is 5. The van der Waals surface area contributed by atoms with E-state index in [1.54, 1.807) is 22.9 Å². The lowest BCUT2D eigenvalue weighted by molar-refractivity contribution is -0.116. The highest BCUT2D eigenvalue weighted by atomic mass is 16.5. The number of ether oxygens (including phenoxy) is 1. The van der Waals surface area contributed by atoms with Crippen molar-refractivity contribution in [3.8, 4) is 0 Å². The van der Waals surface area contributed by atoms with Crippen LogP contribution in [0, 0.1) is 13.8 Å². The third-order valence-electron chi connectivity index (χ3n) is 3.62. The second-order valence-corrected chi connectivity index (χ2v) is 5.46. The highest BCUT2D eigenvalue weighted by Gasteiger charge is 2.15. The predicted octanol–water partition coefficient (Wildman–Crippen LogP) is 1.80. The van der Waals surface area contributed by atoms with Crippen molar-refractivity contribution in [2.24, 2.45) is 0 Å². The molecule has 2 N–H and O–H groups in total. The molecule has 0 saturated carbocycles. The maximum Gasteiger partial charge on any atom is 0.359 e.